The zero-order chi connectivity index (χ0) is 33.0. The lowest BCUT2D eigenvalue weighted by molar-refractivity contribution is -0.0281. The molecule has 0 spiro atoms. The average Bonchev–Trinajstić information content (AvgIpc) is 3.15. The Labute approximate surface area is 287 Å². The normalized spacial score (nSPS) is 23.7. The molecule has 3 heterocycles. The van der Waals surface area contributed by atoms with Gasteiger partial charge in [0.1, 0.15) is 0 Å². The van der Waals surface area contributed by atoms with E-state index in [0.717, 1.165) is 34.1 Å². The van der Waals surface area contributed by atoms with E-state index >= 15 is 0 Å². The maximum Gasteiger partial charge on any atom is 0.164 e. The molecule has 0 N–H and O–H groups in total. The van der Waals surface area contributed by atoms with Crippen LogP contribution in [0.3, 0.4) is 0 Å². The number of aryl methyl sites for hydroxylation is 1. The smallest absolute Gasteiger partial charge is 0.164 e. The van der Waals surface area contributed by atoms with E-state index in [0.29, 0.717) is 23.0 Å². The van der Waals surface area contributed by atoms with Gasteiger partial charge >= 0.3 is 0 Å². The van der Waals surface area contributed by atoms with E-state index in [1.54, 1.807) is 24.8 Å². The lowest BCUT2D eigenvalue weighted by Gasteiger charge is -2.63. The fourth-order valence-corrected chi connectivity index (χ4v) is 9.74. The maximum absolute atomic E-state index is 9.32. The third-order valence-electron chi connectivity index (χ3n) is 11.5. The molecule has 4 saturated carbocycles. The number of nitrogens with zero attached hydrogens (tertiary/aromatic N) is 6. The zero-order valence-electron chi connectivity index (χ0n) is 27.6. The van der Waals surface area contributed by atoms with Crippen LogP contribution >= 0.6 is 0 Å². The SMILES string of the molecule is Cc1cc(C#N)ccc1-c1ccc(C23CC4CC(CC(c5ccc(-c6nc(-c7ccncc7)nc(-c7ccncc7)n6)cc5)(C4)C2)C3)cc1. The molecule has 4 fully saturated rings. The Morgan fingerprint density at radius 1 is 0.571 bits per heavy atom. The summed E-state index contributed by atoms with van der Waals surface area (Å²) in [5.74, 6) is 3.45. The molecule has 4 aliphatic carbocycles. The summed E-state index contributed by atoms with van der Waals surface area (Å²) in [5, 5.41) is 9.32. The van der Waals surface area contributed by atoms with Crippen molar-refractivity contribution >= 4 is 0 Å². The minimum atomic E-state index is 0.189. The van der Waals surface area contributed by atoms with Gasteiger partial charge in [-0.05, 0) is 132 Å². The van der Waals surface area contributed by atoms with Crippen LogP contribution in [0, 0.1) is 30.1 Å². The van der Waals surface area contributed by atoms with Crippen LogP contribution in [0.25, 0.3) is 45.3 Å². The average molecular weight is 637 g/mol. The van der Waals surface area contributed by atoms with Crippen LogP contribution in [0.15, 0.2) is 116 Å². The van der Waals surface area contributed by atoms with E-state index in [2.05, 4.69) is 77.6 Å². The molecule has 6 heteroatoms. The molecule has 3 aromatic heterocycles. The number of hydrogen-bond acceptors (Lipinski definition) is 6. The number of hydrogen-bond donors (Lipinski definition) is 0. The summed E-state index contributed by atoms with van der Waals surface area (Å²) in [5.41, 5.74) is 10.4. The molecule has 0 aliphatic heterocycles. The monoisotopic (exact) mass is 636 g/mol. The molecule has 238 valence electrons. The van der Waals surface area contributed by atoms with Crippen LogP contribution in [0.1, 0.15) is 60.8 Å². The first-order chi connectivity index (χ1) is 24.0. The fraction of sp³-hybridized carbons (Fsp3) is 0.256. The lowest BCUT2D eigenvalue weighted by atomic mass is 9.41. The van der Waals surface area contributed by atoms with Crippen LogP contribution in [-0.2, 0) is 10.8 Å². The first-order valence-electron chi connectivity index (χ1n) is 17.3. The second-order valence-corrected chi connectivity index (χ2v) is 14.6. The number of aromatic nitrogens is 5. The van der Waals surface area contributed by atoms with E-state index < -0.39 is 0 Å². The molecule has 10 rings (SSSR count). The molecule has 49 heavy (non-hydrogen) atoms. The van der Waals surface area contributed by atoms with E-state index in [1.807, 2.05) is 36.4 Å². The van der Waals surface area contributed by atoms with Crippen molar-refractivity contribution in [2.24, 2.45) is 11.8 Å². The van der Waals surface area contributed by atoms with Crippen LogP contribution in [0.2, 0.25) is 0 Å². The van der Waals surface area contributed by atoms with Crippen molar-refractivity contribution in [1.82, 2.24) is 24.9 Å². The zero-order valence-corrected chi connectivity index (χ0v) is 27.6. The molecule has 2 unspecified atom stereocenters. The van der Waals surface area contributed by atoms with Crippen molar-refractivity contribution in [1.29, 1.82) is 5.26 Å². The number of nitriles is 1. The summed E-state index contributed by atoms with van der Waals surface area (Å²) in [6.45, 7) is 2.10. The molecule has 0 saturated heterocycles. The molecule has 0 radical (unpaired) electrons. The van der Waals surface area contributed by atoms with Gasteiger partial charge in [-0.15, -0.1) is 0 Å². The Balaban J connectivity index is 1.04. The van der Waals surface area contributed by atoms with Crippen molar-refractivity contribution in [3.05, 3.63) is 138 Å². The number of rotatable bonds is 6. The molecular formula is C43H36N6. The van der Waals surface area contributed by atoms with Crippen LogP contribution in [0.5, 0.6) is 0 Å². The highest BCUT2D eigenvalue weighted by atomic mass is 15.0. The van der Waals surface area contributed by atoms with Crippen molar-refractivity contribution in [3.63, 3.8) is 0 Å². The van der Waals surface area contributed by atoms with Gasteiger partial charge in [0.2, 0.25) is 0 Å². The summed E-state index contributed by atoms with van der Waals surface area (Å²) in [6, 6.07) is 34.6. The highest BCUT2D eigenvalue weighted by molar-refractivity contribution is 5.69. The topological polar surface area (TPSA) is 88.2 Å². The molecule has 4 bridgehead atoms. The lowest BCUT2D eigenvalue weighted by Crippen LogP contribution is -2.55. The molecule has 0 amide bonds. The molecule has 3 aromatic carbocycles. The van der Waals surface area contributed by atoms with E-state index in [4.69, 9.17) is 15.0 Å². The second kappa shape index (κ2) is 11.6. The van der Waals surface area contributed by atoms with Gasteiger partial charge in [-0.3, -0.25) is 9.97 Å². The summed E-state index contributed by atoms with van der Waals surface area (Å²) in [7, 11) is 0. The van der Waals surface area contributed by atoms with Crippen LogP contribution in [0.4, 0.5) is 0 Å². The second-order valence-electron chi connectivity index (χ2n) is 14.6. The molecule has 2 atom stereocenters. The quantitative estimate of drug-likeness (QED) is 0.181. The van der Waals surface area contributed by atoms with Gasteiger partial charge in [0, 0.05) is 41.5 Å². The molecule has 6 nitrogen and oxygen atoms in total. The van der Waals surface area contributed by atoms with E-state index in [9.17, 15) is 5.26 Å². The summed E-state index contributed by atoms with van der Waals surface area (Å²) >= 11 is 0. The Hall–Kier alpha value is -5.54. The van der Waals surface area contributed by atoms with Crippen molar-refractivity contribution in [2.45, 2.75) is 56.3 Å². The predicted molar refractivity (Wildman–Crippen MR) is 191 cm³/mol. The van der Waals surface area contributed by atoms with Crippen molar-refractivity contribution in [3.8, 4) is 51.4 Å². The maximum atomic E-state index is 9.32. The minimum absolute atomic E-state index is 0.189. The highest BCUT2D eigenvalue weighted by Gasteiger charge is 2.58. The Kier molecular flexibility index (Phi) is 6.98. The molecule has 6 aromatic rings. The van der Waals surface area contributed by atoms with E-state index in [1.165, 1.54) is 60.8 Å². The third-order valence-corrected chi connectivity index (χ3v) is 11.5. The van der Waals surface area contributed by atoms with Gasteiger partial charge in [-0.1, -0.05) is 54.6 Å². The van der Waals surface area contributed by atoms with Gasteiger partial charge in [0.05, 0.1) is 11.6 Å². The van der Waals surface area contributed by atoms with Gasteiger partial charge in [0.25, 0.3) is 0 Å². The summed E-state index contributed by atoms with van der Waals surface area (Å²) in [6.07, 6.45) is 14.8. The van der Waals surface area contributed by atoms with E-state index in [-0.39, 0.29) is 10.8 Å². The number of pyridine rings is 2. The predicted octanol–water partition coefficient (Wildman–Crippen LogP) is 9.30. The summed E-state index contributed by atoms with van der Waals surface area (Å²) < 4.78 is 0. The molecular weight excluding hydrogens is 601 g/mol. The Morgan fingerprint density at radius 2 is 1.02 bits per heavy atom. The van der Waals surface area contributed by atoms with Gasteiger partial charge in [-0.25, -0.2) is 15.0 Å². The summed E-state index contributed by atoms with van der Waals surface area (Å²) in [4.78, 5) is 23.1. The van der Waals surface area contributed by atoms with Gasteiger partial charge < -0.3 is 0 Å². The van der Waals surface area contributed by atoms with Gasteiger partial charge in [0.15, 0.2) is 17.5 Å². The standard InChI is InChI=1S/C43H36N6/c1-28-20-29(26-44)2-11-38(28)32-3-7-36(8-4-32)42-22-30-21-31(23-42)25-43(24-30,27-42)37-9-5-33(6-10-37)39-47-40(34-12-16-45-17-13-34)49-41(48-39)35-14-18-46-19-15-35/h2-20,30-31H,21-25,27H2,1H3. The highest BCUT2D eigenvalue weighted by Crippen LogP contribution is 2.66. The Bertz CT molecular complexity index is 2130. The van der Waals surface area contributed by atoms with Crippen LogP contribution < -0.4 is 0 Å². The van der Waals surface area contributed by atoms with Crippen molar-refractivity contribution in [2.75, 3.05) is 0 Å². The van der Waals surface area contributed by atoms with Crippen molar-refractivity contribution < 1.29 is 0 Å². The third kappa shape index (κ3) is 5.21. The first-order valence-corrected chi connectivity index (χ1v) is 17.3. The molecule has 4 aliphatic rings. The first kappa shape index (κ1) is 29.6. The fourth-order valence-electron chi connectivity index (χ4n) is 9.74. The largest absolute Gasteiger partial charge is 0.265 e. The Morgan fingerprint density at radius 3 is 1.47 bits per heavy atom. The van der Waals surface area contributed by atoms with Gasteiger partial charge in [-0.2, -0.15) is 5.26 Å². The minimum Gasteiger partial charge on any atom is -0.265 e. The van der Waals surface area contributed by atoms with Crippen LogP contribution in [-0.4, -0.2) is 24.9 Å². The number of benzene rings is 3.